The summed E-state index contributed by atoms with van der Waals surface area (Å²) < 4.78 is 1.18. The molecule has 1 rings (SSSR count). The smallest absolute Gasteiger partial charge is 0.0515 e. The highest BCUT2D eigenvalue weighted by Gasteiger charge is 2.06. The molecule has 0 unspecified atom stereocenters. The Bertz CT molecular complexity index is 288. The van der Waals surface area contributed by atoms with Gasteiger partial charge < -0.3 is 10.4 Å². The van der Waals surface area contributed by atoms with Crippen molar-refractivity contribution in [1.82, 2.24) is 5.32 Å². The van der Waals surface area contributed by atoms with Crippen molar-refractivity contribution in [3.8, 4) is 0 Å². The van der Waals surface area contributed by atoms with Crippen LogP contribution < -0.4 is 5.32 Å². The molecular weight excluding hydrogens is 274 g/mol. The average molecular weight is 292 g/mol. The minimum Gasteiger partial charge on any atom is -0.393 e. The van der Waals surface area contributed by atoms with Gasteiger partial charge in [0.15, 0.2) is 0 Å². The number of hydrogen-bond acceptors (Lipinski definition) is 3. The SMILES string of the molecule is C[C@@H](CNCc1sccc1Br)C[C@@H](C)O. The summed E-state index contributed by atoms with van der Waals surface area (Å²) >= 11 is 5.26. The molecule has 0 fully saturated rings. The zero-order chi connectivity index (χ0) is 11.3. The number of aliphatic hydroxyl groups excluding tert-OH is 1. The van der Waals surface area contributed by atoms with Crippen molar-refractivity contribution in [3.63, 3.8) is 0 Å². The van der Waals surface area contributed by atoms with Gasteiger partial charge >= 0.3 is 0 Å². The lowest BCUT2D eigenvalue weighted by Crippen LogP contribution is -2.22. The average Bonchev–Trinajstić information content (AvgIpc) is 2.50. The third-order valence-electron chi connectivity index (χ3n) is 2.21. The van der Waals surface area contributed by atoms with E-state index in [1.807, 2.05) is 6.92 Å². The largest absolute Gasteiger partial charge is 0.393 e. The summed E-state index contributed by atoms with van der Waals surface area (Å²) in [5.74, 6) is 0.517. The summed E-state index contributed by atoms with van der Waals surface area (Å²) in [6.07, 6.45) is 0.661. The van der Waals surface area contributed by atoms with Gasteiger partial charge in [0.05, 0.1) is 6.10 Å². The standard InChI is InChI=1S/C11H18BrNOS/c1-8(5-9(2)14)6-13-7-11-10(12)3-4-15-11/h3-4,8-9,13-14H,5-7H2,1-2H3/t8-,9-/m1/s1. The second-order valence-electron chi connectivity index (χ2n) is 4.01. The zero-order valence-electron chi connectivity index (χ0n) is 9.16. The lowest BCUT2D eigenvalue weighted by atomic mass is 10.1. The van der Waals surface area contributed by atoms with Crippen LogP contribution in [0.3, 0.4) is 0 Å². The highest BCUT2D eigenvalue weighted by atomic mass is 79.9. The van der Waals surface area contributed by atoms with Crippen LogP contribution in [0.2, 0.25) is 0 Å². The van der Waals surface area contributed by atoms with E-state index < -0.39 is 0 Å². The zero-order valence-corrected chi connectivity index (χ0v) is 11.6. The fourth-order valence-corrected chi connectivity index (χ4v) is 3.01. The van der Waals surface area contributed by atoms with Crippen molar-refractivity contribution < 1.29 is 5.11 Å². The first kappa shape index (κ1) is 13.2. The first-order valence-corrected chi connectivity index (χ1v) is 6.87. The lowest BCUT2D eigenvalue weighted by molar-refractivity contribution is 0.163. The normalized spacial score (nSPS) is 15.2. The van der Waals surface area contributed by atoms with Crippen molar-refractivity contribution >= 4 is 27.3 Å². The fraction of sp³-hybridized carbons (Fsp3) is 0.636. The molecule has 4 heteroatoms. The summed E-state index contributed by atoms with van der Waals surface area (Å²) in [5.41, 5.74) is 0. The Kier molecular flexibility index (Phi) is 5.82. The van der Waals surface area contributed by atoms with E-state index in [1.54, 1.807) is 11.3 Å². The predicted octanol–water partition coefficient (Wildman–Crippen LogP) is 3.01. The van der Waals surface area contributed by atoms with Crippen LogP contribution in [0, 0.1) is 5.92 Å². The van der Waals surface area contributed by atoms with Gasteiger partial charge in [-0.15, -0.1) is 11.3 Å². The molecule has 0 aliphatic carbocycles. The molecule has 1 aromatic heterocycles. The predicted molar refractivity (Wildman–Crippen MR) is 69.2 cm³/mol. The van der Waals surface area contributed by atoms with E-state index in [4.69, 9.17) is 0 Å². The molecular formula is C11H18BrNOS. The summed E-state index contributed by atoms with van der Waals surface area (Å²) in [4.78, 5) is 1.33. The van der Waals surface area contributed by atoms with E-state index >= 15 is 0 Å². The molecule has 0 saturated heterocycles. The summed E-state index contributed by atoms with van der Waals surface area (Å²) in [5, 5.41) is 14.7. The van der Waals surface area contributed by atoms with Crippen molar-refractivity contribution in [2.24, 2.45) is 5.92 Å². The number of hydrogen-bond donors (Lipinski definition) is 2. The number of nitrogens with one attached hydrogen (secondary N) is 1. The van der Waals surface area contributed by atoms with Crippen LogP contribution >= 0.6 is 27.3 Å². The molecule has 2 atom stereocenters. The second kappa shape index (κ2) is 6.63. The van der Waals surface area contributed by atoms with E-state index in [2.05, 4.69) is 39.6 Å². The molecule has 1 aromatic rings. The van der Waals surface area contributed by atoms with E-state index in [0.29, 0.717) is 5.92 Å². The molecule has 0 aliphatic rings. The molecule has 0 radical (unpaired) electrons. The highest BCUT2D eigenvalue weighted by Crippen LogP contribution is 2.22. The number of halogens is 1. The molecule has 0 bridgehead atoms. The van der Waals surface area contributed by atoms with Gasteiger partial charge in [0, 0.05) is 15.9 Å². The Morgan fingerprint density at radius 1 is 1.53 bits per heavy atom. The van der Waals surface area contributed by atoms with Gasteiger partial charge in [0.1, 0.15) is 0 Å². The third kappa shape index (κ3) is 5.11. The molecule has 0 spiro atoms. The van der Waals surface area contributed by atoms with Gasteiger partial charge in [0.25, 0.3) is 0 Å². The minimum absolute atomic E-state index is 0.199. The van der Waals surface area contributed by atoms with Gasteiger partial charge in [-0.25, -0.2) is 0 Å². The van der Waals surface area contributed by atoms with Crippen molar-refractivity contribution in [2.75, 3.05) is 6.54 Å². The maximum atomic E-state index is 9.22. The molecule has 0 aliphatic heterocycles. The van der Waals surface area contributed by atoms with E-state index in [0.717, 1.165) is 19.5 Å². The Morgan fingerprint density at radius 3 is 2.80 bits per heavy atom. The van der Waals surface area contributed by atoms with E-state index in [9.17, 15) is 5.11 Å². The van der Waals surface area contributed by atoms with Crippen LogP contribution in [0.4, 0.5) is 0 Å². The number of rotatable bonds is 6. The van der Waals surface area contributed by atoms with Crippen LogP contribution in [-0.2, 0) is 6.54 Å². The Balaban J connectivity index is 2.19. The van der Waals surface area contributed by atoms with Crippen molar-refractivity contribution in [2.45, 2.75) is 32.9 Å². The van der Waals surface area contributed by atoms with Gasteiger partial charge in [-0.05, 0) is 53.2 Å². The fourth-order valence-electron chi connectivity index (χ4n) is 1.55. The number of aliphatic hydroxyl groups is 1. The molecule has 86 valence electrons. The van der Waals surface area contributed by atoms with Crippen LogP contribution in [0.5, 0.6) is 0 Å². The van der Waals surface area contributed by atoms with Crippen LogP contribution in [0.15, 0.2) is 15.9 Å². The first-order valence-electron chi connectivity index (χ1n) is 5.20. The highest BCUT2D eigenvalue weighted by molar-refractivity contribution is 9.10. The van der Waals surface area contributed by atoms with Crippen LogP contribution in [0.25, 0.3) is 0 Å². The summed E-state index contributed by atoms with van der Waals surface area (Å²) in [7, 11) is 0. The topological polar surface area (TPSA) is 32.3 Å². The maximum Gasteiger partial charge on any atom is 0.0515 e. The summed E-state index contributed by atoms with van der Waals surface area (Å²) in [6, 6.07) is 2.07. The van der Waals surface area contributed by atoms with Crippen molar-refractivity contribution in [3.05, 3.63) is 20.8 Å². The quantitative estimate of drug-likeness (QED) is 0.845. The summed E-state index contributed by atoms with van der Waals surface area (Å²) in [6.45, 7) is 5.85. The van der Waals surface area contributed by atoms with E-state index in [1.165, 1.54) is 9.35 Å². The minimum atomic E-state index is -0.199. The monoisotopic (exact) mass is 291 g/mol. The van der Waals surface area contributed by atoms with Gasteiger partial charge in [-0.2, -0.15) is 0 Å². The molecule has 1 heterocycles. The van der Waals surface area contributed by atoms with Crippen LogP contribution in [0.1, 0.15) is 25.1 Å². The second-order valence-corrected chi connectivity index (χ2v) is 5.87. The molecule has 2 N–H and O–H groups in total. The Labute approximate surface area is 104 Å². The van der Waals surface area contributed by atoms with E-state index in [-0.39, 0.29) is 6.10 Å². The number of thiophene rings is 1. The molecule has 0 amide bonds. The van der Waals surface area contributed by atoms with Crippen molar-refractivity contribution in [1.29, 1.82) is 0 Å². The van der Waals surface area contributed by atoms with Gasteiger partial charge in [0.2, 0.25) is 0 Å². The molecule has 0 saturated carbocycles. The lowest BCUT2D eigenvalue weighted by Gasteiger charge is -2.13. The molecule has 2 nitrogen and oxygen atoms in total. The third-order valence-corrected chi connectivity index (χ3v) is 4.14. The van der Waals surface area contributed by atoms with Gasteiger partial charge in [-0.3, -0.25) is 0 Å². The Hall–Kier alpha value is 0.1000. The Morgan fingerprint density at radius 2 is 2.27 bits per heavy atom. The molecule has 0 aromatic carbocycles. The van der Waals surface area contributed by atoms with Crippen LogP contribution in [-0.4, -0.2) is 17.8 Å². The molecule has 15 heavy (non-hydrogen) atoms. The first-order chi connectivity index (χ1) is 7.09. The van der Waals surface area contributed by atoms with Gasteiger partial charge in [-0.1, -0.05) is 6.92 Å². The maximum absolute atomic E-state index is 9.22.